The van der Waals surface area contributed by atoms with E-state index < -0.39 is 7.82 Å². The number of phosphoric acid groups is 1. The maximum absolute atomic E-state index is 8.88. The van der Waals surface area contributed by atoms with Crippen molar-refractivity contribution >= 4 is 24.9 Å². The summed E-state index contributed by atoms with van der Waals surface area (Å²) < 4.78 is 8.88. The molecule has 0 aliphatic heterocycles. The Morgan fingerprint density at radius 3 is 1.17 bits per heavy atom. The van der Waals surface area contributed by atoms with E-state index in [1.165, 1.54) is 0 Å². The molecule has 0 atom stereocenters. The van der Waals surface area contributed by atoms with Crippen molar-refractivity contribution in [2.45, 2.75) is 0 Å². The van der Waals surface area contributed by atoms with Crippen LogP contribution in [0.25, 0.3) is 0 Å². The van der Waals surface area contributed by atoms with Gasteiger partial charge in [-0.25, -0.2) is 4.57 Å². The summed E-state index contributed by atoms with van der Waals surface area (Å²) in [5.74, 6) is 0. The molecule has 0 spiro atoms. The standard InChI is InChI=1S/H3O4P.H2Se/c1-5(2,3)4;/h(H3,1,2,3,4);1H2. The van der Waals surface area contributed by atoms with E-state index in [4.69, 9.17) is 19.2 Å². The van der Waals surface area contributed by atoms with Crippen LogP contribution in [-0.2, 0) is 4.57 Å². The van der Waals surface area contributed by atoms with Gasteiger partial charge in [-0.15, -0.1) is 0 Å². The molecule has 3 N–H and O–H groups in total. The van der Waals surface area contributed by atoms with E-state index >= 15 is 0 Å². The summed E-state index contributed by atoms with van der Waals surface area (Å²) in [4.78, 5) is 21.6. The molecular formula is H5O4PSe. The predicted molar refractivity (Wildman–Crippen MR) is 22.8 cm³/mol. The van der Waals surface area contributed by atoms with Crippen molar-refractivity contribution in [2.75, 3.05) is 0 Å². The van der Waals surface area contributed by atoms with E-state index in [2.05, 4.69) is 0 Å². The van der Waals surface area contributed by atoms with Gasteiger partial charge < -0.3 is 14.7 Å². The van der Waals surface area contributed by atoms with Crippen LogP contribution in [0.4, 0.5) is 0 Å². The van der Waals surface area contributed by atoms with E-state index in [0.29, 0.717) is 0 Å². The molecule has 0 bridgehead atoms. The van der Waals surface area contributed by atoms with E-state index in [-0.39, 0.29) is 17.1 Å². The summed E-state index contributed by atoms with van der Waals surface area (Å²) in [5, 5.41) is 0. The topological polar surface area (TPSA) is 77.8 Å². The fourth-order valence-corrected chi connectivity index (χ4v) is 0. The Morgan fingerprint density at radius 1 is 1.17 bits per heavy atom. The van der Waals surface area contributed by atoms with E-state index in [1.54, 1.807) is 0 Å². The quantitative estimate of drug-likeness (QED) is 0.301. The first kappa shape index (κ1) is 9.80. The van der Waals surface area contributed by atoms with Gasteiger partial charge in [0.05, 0.1) is 0 Å². The Labute approximate surface area is 44.9 Å². The van der Waals surface area contributed by atoms with Crippen LogP contribution in [0.1, 0.15) is 0 Å². The fraction of sp³-hybridized carbons (Fsp3) is 0. The molecule has 0 aromatic rings. The molecule has 0 unspecified atom stereocenters. The molecule has 6 heteroatoms. The van der Waals surface area contributed by atoms with Crippen molar-refractivity contribution in [3.8, 4) is 0 Å². The molecule has 4 nitrogen and oxygen atoms in total. The monoisotopic (exact) mass is 180 g/mol. The molecule has 0 rings (SSSR count). The molecule has 0 fully saturated rings. The molecule has 0 heterocycles. The third kappa shape index (κ3) is 154. The van der Waals surface area contributed by atoms with Crippen LogP contribution in [-0.4, -0.2) is 31.7 Å². The summed E-state index contributed by atoms with van der Waals surface area (Å²) in [7, 11) is -4.64. The van der Waals surface area contributed by atoms with Crippen molar-refractivity contribution in [3.63, 3.8) is 0 Å². The fourth-order valence-electron chi connectivity index (χ4n) is 0. The van der Waals surface area contributed by atoms with Crippen LogP contribution >= 0.6 is 7.82 Å². The Hall–Kier alpha value is 0.629. The second-order valence-corrected chi connectivity index (χ2v) is 1.54. The van der Waals surface area contributed by atoms with E-state index in [1.807, 2.05) is 0 Å². The van der Waals surface area contributed by atoms with Crippen LogP contribution in [0.15, 0.2) is 0 Å². The Kier molecular flexibility index (Phi) is 4.49. The average Bonchev–Trinajstić information content (AvgIpc) is 0.722. The first-order valence-corrected chi connectivity index (χ1v) is 2.35. The van der Waals surface area contributed by atoms with E-state index in [0.717, 1.165) is 0 Å². The van der Waals surface area contributed by atoms with Gasteiger partial charge in [0.1, 0.15) is 0 Å². The number of hydrogen-bond acceptors (Lipinski definition) is 1. The summed E-state index contributed by atoms with van der Waals surface area (Å²) in [6.07, 6.45) is 0. The van der Waals surface area contributed by atoms with Crippen LogP contribution in [0.5, 0.6) is 0 Å². The summed E-state index contributed by atoms with van der Waals surface area (Å²) in [6.45, 7) is 0. The molecule has 0 aliphatic rings. The van der Waals surface area contributed by atoms with Crippen LogP contribution < -0.4 is 0 Å². The van der Waals surface area contributed by atoms with Crippen molar-refractivity contribution in [3.05, 3.63) is 0 Å². The molecular weight excluding hydrogens is 174 g/mol. The summed E-state index contributed by atoms with van der Waals surface area (Å²) in [6, 6.07) is 0. The summed E-state index contributed by atoms with van der Waals surface area (Å²) >= 11 is 0. The average molecular weight is 179 g/mol. The SMILES string of the molecule is O=P(O)(O)O.[SeH2]. The van der Waals surface area contributed by atoms with Gasteiger partial charge in [0, 0.05) is 0 Å². The molecule has 6 heavy (non-hydrogen) atoms. The molecule has 0 saturated carbocycles. The molecule has 40 valence electrons. The van der Waals surface area contributed by atoms with Crippen LogP contribution in [0, 0.1) is 0 Å². The molecule has 0 aliphatic carbocycles. The molecule has 0 amide bonds. The van der Waals surface area contributed by atoms with Gasteiger partial charge in [0.15, 0.2) is 0 Å². The third-order valence-electron chi connectivity index (χ3n) is 0. The molecule has 0 aromatic heterocycles. The first-order chi connectivity index (χ1) is 2.00. The zero-order valence-electron chi connectivity index (χ0n) is 2.70. The number of hydrogen-bond donors (Lipinski definition) is 3. The second-order valence-electron chi connectivity index (χ2n) is 0.513. The van der Waals surface area contributed by atoms with E-state index in [9.17, 15) is 0 Å². The Balaban J connectivity index is 0. The summed E-state index contributed by atoms with van der Waals surface area (Å²) in [5.41, 5.74) is 0. The molecule has 0 saturated heterocycles. The zero-order chi connectivity index (χ0) is 4.50. The maximum atomic E-state index is 8.88. The minimum absolute atomic E-state index is 0. The van der Waals surface area contributed by atoms with Crippen LogP contribution in [0.2, 0.25) is 0 Å². The van der Waals surface area contributed by atoms with Crippen molar-refractivity contribution < 1.29 is 19.2 Å². The zero-order valence-corrected chi connectivity index (χ0v) is 5.69. The van der Waals surface area contributed by atoms with Gasteiger partial charge in [0.25, 0.3) is 0 Å². The van der Waals surface area contributed by atoms with Crippen molar-refractivity contribution in [1.29, 1.82) is 0 Å². The molecule has 0 aromatic carbocycles. The van der Waals surface area contributed by atoms with Gasteiger partial charge in [-0.3, -0.25) is 0 Å². The Bertz CT molecular complexity index is 53.7. The minimum atomic E-state index is -4.64. The van der Waals surface area contributed by atoms with Gasteiger partial charge in [-0.1, -0.05) is 0 Å². The van der Waals surface area contributed by atoms with Gasteiger partial charge in [0.2, 0.25) is 0 Å². The number of rotatable bonds is 0. The normalized spacial score (nSPS) is 9.83. The second kappa shape index (κ2) is 2.75. The third-order valence-corrected chi connectivity index (χ3v) is 0. The van der Waals surface area contributed by atoms with Crippen LogP contribution in [0.3, 0.4) is 0 Å². The van der Waals surface area contributed by atoms with Crippen molar-refractivity contribution in [1.82, 2.24) is 0 Å². The predicted octanol–water partition coefficient (Wildman–Crippen LogP) is -1.84. The molecule has 0 radical (unpaired) electrons. The van der Waals surface area contributed by atoms with Gasteiger partial charge in [-0.05, 0) is 0 Å². The first-order valence-electron chi connectivity index (χ1n) is 0.783. The van der Waals surface area contributed by atoms with Gasteiger partial charge >= 0.3 is 24.9 Å². The van der Waals surface area contributed by atoms with Crippen molar-refractivity contribution in [2.24, 2.45) is 0 Å². The Morgan fingerprint density at radius 2 is 1.17 bits per heavy atom. The van der Waals surface area contributed by atoms with Gasteiger partial charge in [-0.2, -0.15) is 0 Å².